The second-order valence-electron chi connectivity index (χ2n) is 4.44. The number of nitrogens with zero attached hydrogens (tertiary/aromatic N) is 1. The van der Waals surface area contributed by atoms with Crippen molar-refractivity contribution in [2.24, 2.45) is 10.7 Å². The Labute approximate surface area is 130 Å². The van der Waals surface area contributed by atoms with Gasteiger partial charge in [0, 0.05) is 18.1 Å². The minimum atomic E-state index is -3.58. The maximum atomic E-state index is 12.0. The third-order valence-corrected chi connectivity index (χ3v) is 4.04. The number of sulfonamides is 1. The highest BCUT2D eigenvalue weighted by molar-refractivity contribution is 7.89. The van der Waals surface area contributed by atoms with Gasteiger partial charge in [0.15, 0.2) is 5.96 Å². The Kier molecular flexibility index (Phi) is 6.67. The second-order valence-corrected chi connectivity index (χ2v) is 6.64. The smallest absolute Gasteiger partial charge is 0.240 e. The lowest BCUT2D eigenvalue weighted by molar-refractivity contribution is 0.581. The van der Waals surface area contributed by atoms with E-state index in [1.54, 1.807) is 12.1 Å². The molecule has 116 valence electrons. The van der Waals surface area contributed by atoms with Crippen molar-refractivity contribution < 1.29 is 8.42 Å². The predicted molar refractivity (Wildman–Crippen MR) is 85.9 cm³/mol. The van der Waals surface area contributed by atoms with Gasteiger partial charge in [0.2, 0.25) is 10.0 Å². The zero-order chi connectivity index (χ0) is 15.9. The van der Waals surface area contributed by atoms with Gasteiger partial charge in [0.05, 0.1) is 11.4 Å². The number of nitrogens with two attached hydrogens (primary N) is 1. The van der Waals surface area contributed by atoms with Gasteiger partial charge in [-0.1, -0.05) is 29.8 Å². The van der Waals surface area contributed by atoms with Gasteiger partial charge in [-0.15, -0.1) is 0 Å². The molecule has 0 aliphatic heterocycles. The summed E-state index contributed by atoms with van der Waals surface area (Å²) < 4.78 is 26.4. The molecule has 21 heavy (non-hydrogen) atoms. The Balaban J connectivity index is 2.45. The first-order valence-corrected chi connectivity index (χ1v) is 8.11. The third kappa shape index (κ3) is 6.61. The molecule has 0 saturated heterocycles. The molecular weight excluding hydrogens is 312 g/mol. The fraction of sp³-hybridized carbons (Fsp3) is 0.308. The minimum absolute atomic E-state index is 0.124. The Hall–Kier alpha value is -1.57. The summed E-state index contributed by atoms with van der Waals surface area (Å²) in [7, 11) is -3.58. The van der Waals surface area contributed by atoms with Crippen LogP contribution in [0.15, 0.2) is 46.3 Å². The minimum Gasteiger partial charge on any atom is -0.370 e. The number of nitrogens with one attached hydrogen (secondary N) is 2. The van der Waals surface area contributed by atoms with Crippen molar-refractivity contribution in [3.8, 4) is 0 Å². The molecule has 0 aliphatic carbocycles. The van der Waals surface area contributed by atoms with Gasteiger partial charge < -0.3 is 11.1 Å². The number of halogens is 1. The average Bonchev–Trinajstić information content (AvgIpc) is 2.41. The van der Waals surface area contributed by atoms with Gasteiger partial charge in [-0.2, -0.15) is 0 Å². The molecule has 0 spiro atoms. The number of aliphatic imine (C=N–C) groups is 1. The van der Waals surface area contributed by atoms with Crippen LogP contribution in [0.25, 0.3) is 0 Å². The van der Waals surface area contributed by atoms with E-state index in [1.165, 1.54) is 12.1 Å². The molecule has 0 amide bonds. The van der Waals surface area contributed by atoms with Crippen molar-refractivity contribution in [1.82, 2.24) is 10.0 Å². The van der Waals surface area contributed by atoms with Crippen LogP contribution in [-0.4, -0.2) is 34.0 Å². The molecule has 0 aromatic heterocycles. The Morgan fingerprint density at radius 3 is 2.76 bits per heavy atom. The first-order chi connectivity index (χ1) is 9.81. The lowest BCUT2D eigenvalue weighted by atomic mass is 10.4. The van der Waals surface area contributed by atoms with Crippen molar-refractivity contribution in [2.75, 3.05) is 19.6 Å². The van der Waals surface area contributed by atoms with Crippen molar-refractivity contribution in [3.63, 3.8) is 0 Å². The standard InChI is InChI=1S/C13H19ClN4O2S/c1-10(2)9-17-13(15)16-6-7-18-21(19,20)12-5-3-4-11(14)8-12/h3-5,8,18H,1,6-7,9H2,2H3,(H3,15,16,17). The van der Waals surface area contributed by atoms with E-state index in [1.807, 2.05) is 6.92 Å². The van der Waals surface area contributed by atoms with E-state index in [0.717, 1.165) is 5.57 Å². The van der Waals surface area contributed by atoms with Crippen LogP contribution in [0.3, 0.4) is 0 Å². The number of hydrogen-bond donors (Lipinski definition) is 3. The van der Waals surface area contributed by atoms with Gasteiger partial charge in [0.1, 0.15) is 0 Å². The van der Waals surface area contributed by atoms with Crippen LogP contribution in [0, 0.1) is 0 Å². The lowest BCUT2D eigenvalue weighted by Gasteiger charge is -2.08. The Bertz CT molecular complexity index is 629. The van der Waals surface area contributed by atoms with Crippen molar-refractivity contribution >= 4 is 27.6 Å². The fourth-order valence-electron chi connectivity index (χ4n) is 1.37. The molecule has 0 bridgehead atoms. The molecule has 8 heteroatoms. The topological polar surface area (TPSA) is 96.6 Å². The molecule has 0 unspecified atom stereocenters. The van der Waals surface area contributed by atoms with Crippen molar-refractivity contribution in [3.05, 3.63) is 41.4 Å². The number of hydrogen-bond acceptors (Lipinski definition) is 3. The van der Waals surface area contributed by atoms with E-state index >= 15 is 0 Å². The zero-order valence-electron chi connectivity index (χ0n) is 11.8. The summed E-state index contributed by atoms with van der Waals surface area (Å²) in [5, 5.41) is 3.17. The lowest BCUT2D eigenvalue weighted by Crippen LogP contribution is -2.38. The van der Waals surface area contributed by atoms with Crippen LogP contribution in [-0.2, 0) is 10.0 Å². The number of benzene rings is 1. The van der Waals surface area contributed by atoms with Crippen molar-refractivity contribution in [1.29, 1.82) is 0 Å². The zero-order valence-corrected chi connectivity index (χ0v) is 13.3. The van der Waals surface area contributed by atoms with E-state index in [9.17, 15) is 8.42 Å². The van der Waals surface area contributed by atoms with Crippen LogP contribution in [0.1, 0.15) is 6.92 Å². The van der Waals surface area contributed by atoms with E-state index in [4.69, 9.17) is 17.3 Å². The maximum absolute atomic E-state index is 12.0. The van der Waals surface area contributed by atoms with Gasteiger partial charge in [0.25, 0.3) is 0 Å². The van der Waals surface area contributed by atoms with Gasteiger partial charge in [-0.25, -0.2) is 18.1 Å². The summed E-state index contributed by atoms with van der Waals surface area (Å²) in [6.45, 7) is 6.49. The summed E-state index contributed by atoms with van der Waals surface area (Å²) in [6.07, 6.45) is 0. The van der Waals surface area contributed by atoms with Crippen LogP contribution < -0.4 is 15.8 Å². The normalized spacial score (nSPS) is 12.2. The molecule has 0 atom stereocenters. The van der Waals surface area contributed by atoms with E-state index < -0.39 is 10.0 Å². The quantitative estimate of drug-likeness (QED) is 0.302. The highest BCUT2D eigenvalue weighted by Gasteiger charge is 2.13. The number of guanidine groups is 1. The highest BCUT2D eigenvalue weighted by atomic mass is 35.5. The SMILES string of the molecule is C=C(C)CN=C(N)NCCNS(=O)(=O)c1cccc(Cl)c1. The van der Waals surface area contributed by atoms with Gasteiger partial charge in [-0.05, 0) is 25.1 Å². The van der Waals surface area contributed by atoms with Crippen LogP contribution in [0.4, 0.5) is 0 Å². The first kappa shape index (κ1) is 17.5. The van der Waals surface area contributed by atoms with Crippen molar-refractivity contribution in [2.45, 2.75) is 11.8 Å². The van der Waals surface area contributed by atoms with Crippen LogP contribution in [0.2, 0.25) is 5.02 Å². The van der Waals surface area contributed by atoms with Gasteiger partial charge in [-0.3, -0.25) is 0 Å². The molecule has 4 N–H and O–H groups in total. The maximum Gasteiger partial charge on any atom is 0.240 e. The molecule has 0 saturated carbocycles. The Morgan fingerprint density at radius 2 is 2.14 bits per heavy atom. The molecule has 1 aromatic carbocycles. The third-order valence-electron chi connectivity index (χ3n) is 2.35. The average molecular weight is 331 g/mol. The molecule has 1 aromatic rings. The predicted octanol–water partition coefficient (Wildman–Crippen LogP) is 1.10. The Morgan fingerprint density at radius 1 is 1.43 bits per heavy atom. The summed E-state index contributed by atoms with van der Waals surface area (Å²) in [5.41, 5.74) is 6.50. The van der Waals surface area contributed by atoms with E-state index in [-0.39, 0.29) is 17.4 Å². The molecule has 0 heterocycles. The molecule has 1 rings (SSSR count). The summed E-state index contributed by atoms with van der Waals surface area (Å²) in [5.74, 6) is 0.250. The largest absolute Gasteiger partial charge is 0.370 e. The highest BCUT2D eigenvalue weighted by Crippen LogP contribution is 2.14. The molecular formula is C13H19ClN4O2S. The van der Waals surface area contributed by atoms with E-state index in [0.29, 0.717) is 18.1 Å². The summed E-state index contributed by atoms with van der Waals surface area (Å²) in [6, 6.07) is 6.06. The summed E-state index contributed by atoms with van der Waals surface area (Å²) in [4.78, 5) is 4.14. The van der Waals surface area contributed by atoms with Gasteiger partial charge >= 0.3 is 0 Å². The molecule has 0 aliphatic rings. The van der Waals surface area contributed by atoms with Crippen LogP contribution in [0.5, 0.6) is 0 Å². The monoisotopic (exact) mass is 330 g/mol. The van der Waals surface area contributed by atoms with E-state index in [2.05, 4.69) is 21.6 Å². The first-order valence-electron chi connectivity index (χ1n) is 6.24. The second kappa shape index (κ2) is 8.02. The molecule has 0 radical (unpaired) electrons. The fourth-order valence-corrected chi connectivity index (χ4v) is 2.70. The summed E-state index contributed by atoms with van der Waals surface area (Å²) >= 11 is 5.77. The van der Waals surface area contributed by atoms with Crippen LogP contribution >= 0.6 is 11.6 Å². The molecule has 0 fully saturated rings. The molecule has 6 nitrogen and oxygen atoms in total. The number of rotatable bonds is 7.